The maximum absolute atomic E-state index is 11.5. The van der Waals surface area contributed by atoms with Crippen LogP contribution in [0.1, 0.15) is 13.3 Å². The molecule has 0 spiro atoms. The van der Waals surface area contributed by atoms with Crippen molar-refractivity contribution in [3.05, 3.63) is 0 Å². The van der Waals surface area contributed by atoms with Crippen molar-refractivity contribution < 1.29 is 24.5 Å². The molecule has 0 saturated carbocycles. The Hall–Kier alpha value is -1.38. The van der Waals surface area contributed by atoms with Crippen LogP contribution in [0.3, 0.4) is 0 Å². The van der Waals surface area contributed by atoms with Gasteiger partial charge < -0.3 is 30.5 Å². The first kappa shape index (κ1) is 16.7. The molecule has 2 amide bonds. The molecule has 1 fully saturated rings. The maximum atomic E-state index is 11.5. The molecular weight excluding hydrogens is 266 g/mol. The van der Waals surface area contributed by atoms with Gasteiger partial charge in [0.25, 0.3) is 0 Å². The fourth-order valence-electron chi connectivity index (χ4n) is 1.92. The highest BCUT2D eigenvalue weighted by atomic mass is 16.5. The number of morpholine rings is 1. The van der Waals surface area contributed by atoms with Crippen molar-refractivity contribution in [2.45, 2.75) is 25.0 Å². The second-order valence-electron chi connectivity index (χ2n) is 5.39. The zero-order valence-electron chi connectivity index (χ0n) is 11.9. The SMILES string of the molecule is CN1CCOC(CNC(=O)NCC(C)(O)CC(=O)O)C1. The molecule has 1 rings (SSSR count). The van der Waals surface area contributed by atoms with Gasteiger partial charge in [0.05, 0.1) is 24.7 Å². The summed E-state index contributed by atoms with van der Waals surface area (Å²) >= 11 is 0. The number of amides is 2. The minimum Gasteiger partial charge on any atom is -0.481 e. The second-order valence-corrected chi connectivity index (χ2v) is 5.39. The largest absolute Gasteiger partial charge is 0.481 e. The fraction of sp³-hybridized carbons (Fsp3) is 0.833. The minimum atomic E-state index is -1.47. The first-order valence-electron chi connectivity index (χ1n) is 6.54. The summed E-state index contributed by atoms with van der Waals surface area (Å²) in [5.41, 5.74) is -1.47. The molecule has 8 heteroatoms. The van der Waals surface area contributed by atoms with E-state index in [1.165, 1.54) is 6.92 Å². The second kappa shape index (κ2) is 7.41. The lowest BCUT2D eigenvalue weighted by atomic mass is 10.0. The van der Waals surface area contributed by atoms with Crippen LogP contribution in [0.5, 0.6) is 0 Å². The number of nitrogens with zero attached hydrogens (tertiary/aromatic N) is 1. The lowest BCUT2D eigenvalue weighted by Crippen LogP contribution is -2.50. The standard InChI is InChI=1S/C12H23N3O5/c1-12(19,5-10(16)17)8-14-11(18)13-6-9-7-15(2)3-4-20-9/h9,19H,3-8H2,1-2H3,(H,16,17)(H2,13,14,18). The van der Waals surface area contributed by atoms with E-state index in [2.05, 4.69) is 15.5 Å². The summed E-state index contributed by atoms with van der Waals surface area (Å²) < 4.78 is 5.49. The lowest BCUT2D eigenvalue weighted by Gasteiger charge is -2.30. The van der Waals surface area contributed by atoms with Gasteiger partial charge in [-0.15, -0.1) is 0 Å². The van der Waals surface area contributed by atoms with Gasteiger partial charge in [0.2, 0.25) is 0 Å². The number of rotatable bonds is 6. The van der Waals surface area contributed by atoms with E-state index >= 15 is 0 Å². The van der Waals surface area contributed by atoms with E-state index in [-0.39, 0.29) is 12.6 Å². The van der Waals surface area contributed by atoms with Crippen LogP contribution in [0.4, 0.5) is 4.79 Å². The normalized spacial score (nSPS) is 22.9. The Morgan fingerprint density at radius 1 is 1.45 bits per heavy atom. The number of aliphatic carboxylic acids is 1. The molecule has 116 valence electrons. The molecule has 0 aromatic rings. The third kappa shape index (κ3) is 6.69. The molecular formula is C12H23N3O5. The van der Waals surface area contributed by atoms with E-state index in [0.717, 1.165) is 13.1 Å². The first-order valence-corrected chi connectivity index (χ1v) is 6.54. The fourth-order valence-corrected chi connectivity index (χ4v) is 1.92. The molecule has 2 unspecified atom stereocenters. The zero-order chi connectivity index (χ0) is 15.2. The molecule has 8 nitrogen and oxygen atoms in total. The predicted molar refractivity (Wildman–Crippen MR) is 71.5 cm³/mol. The van der Waals surface area contributed by atoms with E-state index in [9.17, 15) is 14.7 Å². The van der Waals surface area contributed by atoms with Crippen LogP contribution >= 0.6 is 0 Å². The van der Waals surface area contributed by atoms with Crippen LogP contribution < -0.4 is 10.6 Å². The Balaban J connectivity index is 2.21. The third-order valence-corrected chi connectivity index (χ3v) is 2.99. The van der Waals surface area contributed by atoms with Gasteiger partial charge in [-0.25, -0.2) is 4.79 Å². The van der Waals surface area contributed by atoms with Crippen molar-refractivity contribution in [2.24, 2.45) is 0 Å². The first-order chi connectivity index (χ1) is 9.28. The molecule has 1 aliphatic rings. The van der Waals surface area contributed by atoms with Gasteiger partial charge in [-0.1, -0.05) is 0 Å². The maximum Gasteiger partial charge on any atom is 0.314 e. The van der Waals surface area contributed by atoms with Crippen molar-refractivity contribution in [2.75, 3.05) is 39.8 Å². The number of likely N-dealkylation sites (N-methyl/N-ethyl adjacent to an activating group) is 1. The van der Waals surface area contributed by atoms with Gasteiger partial charge in [0, 0.05) is 26.2 Å². The van der Waals surface area contributed by atoms with Gasteiger partial charge in [-0.05, 0) is 14.0 Å². The molecule has 0 aliphatic carbocycles. The summed E-state index contributed by atoms with van der Waals surface area (Å²) in [6.07, 6.45) is -0.483. The average molecular weight is 289 g/mol. The molecule has 20 heavy (non-hydrogen) atoms. The van der Waals surface area contributed by atoms with E-state index in [0.29, 0.717) is 13.2 Å². The van der Waals surface area contributed by atoms with Crippen molar-refractivity contribution in [3.8, 4) is 0 Å². The molecule has 1 saturated heterocycles. The third-order valence-electron chi connectivity index (χ3n) is 2.99. The number of carbonyl (C=O) groups is 2. The van der Waals surface area contributed by atoms with Crippen molar-refractivity contribution >= 4 is 12.0 Å². The molecule has 2 atom stereocenters. The van der Waals surface area contributed by atoms with E-state index in [4.69, 9.17) is 9.84 Å². The topological polar surface area (TPSA) is 111 Å². The molecule has 0 bridgehead atoms. The summed E-state index contributed by atoms with van der Waals surface area (Å²) in [5.74, 6) is -1.11. The molecule has 0 aromatic heterocycles. The van der Waals surface area contributed by atoms with Crippen LogP contribution in [0, 0.1) is 0 Å². The Bertz CT molecular complexity index is 348. The van der Waals surface area contributed by atoms with Gasteiger partial charge in [-0.3, -0.25) is 4.79 Å². The number of hydrogen-bond acceptors (Lipinski definition) is 5. The van der Waals surface area contributed by atoms with Gasteiger partial charge >= 0.3 is 12.0 Å². The highest BCUT2D eigenvalue weighted by Gasteiger charge is 2.25. The number of ether oxygens (including phenoxy) is 1. The van der Waals surface area contributed by atoms with E-state index in [1.54, 1.807) is 0 Å². The molecule has 4 N–H and O–H groups in total. The molecule has 0 radical (unpaired) electrons. The van der Waals surface area contributed by atoms with Crippen LogP contribution in [-0.2, 0) is 9.53 Å². The number of carboxylic acids is 1. The number of urea groups is 1. The van der Waals surface area contributed by atoms with Crippen LogP contribution in [0.2, 0.25) is 0 Å². The summed E-state index contributed by atoms with van der Waals surface area (Å²) in [6, 6.07) is -0.451. The van der Waals surface area contributed by atoms with Gasteiger partial charge in [0.15, 0.2) is 0 Å². The summed E-state index contributed by atoms with van der Waals surface area (Å²) in [4.78, 5) is 24.2. The van der Waals surface area contributed by atoms with Gasteiger partial charge in [0.1, 0.15) is 0 Å². The number of hydrogen-bond donors (Lipinski definition) is 4. The van der Waals surface area contributed by atoms with Crippen molar-refractivity contribution in [1.29, 1.82) is 0 Å². The van der Waals surface area contributed by atoms with E-state index in [1.807, 2.05) is 7.05 Å². The molecule has 1 heterocycles. The van der Waals surface area contributed by atoms with Crippen molar-refractivity contribution in [3.63, 3.8) is 0 Å². The van der Waals surface area contributed by atoms with Gasteiger partial charge in [-0.2, -0.15) is 0 Å². The number of nitrogens with one attached hydrogen (secondary N) is 2. The minimum absolute atomic E-state index is 0.0565. The predicted octanol–water partition coefficient (Wildman–Crippen LogP) is -1.16. The van der Waals surface area contributed by atoms with Crippen LogP contribution in [0.25, 0.3) is 0 Å². The van der Waals surface area contributed by atoms with Crippen LogP contribution in [0.15, 0.2) is 0 Å². The Morgan fingerprint density at radius 3 is 2.75 bits per heavy atom. The summed E-state index contributed by atoms with van der Waals surface area (Å²) in [7, 11) is 1.98. The Morgan fingerprint density at radius 2 is 2.15 bits per heavy atom. The Kier molecular flexibility index (Phi) is 6.18. The quantitative estimate of drug-likeness (QED) is 0.491. The monoisotopic (exact) mass is 289 g/mol. The zero-order valence-corrected chi connectivity index (χ0v) is 11.9. The number of carbonyl (C=O) groups excluding carboxylic acids is 1. The molecule has 1 aliphatic heterocycles. The number of aliphatic hydroxyl groups is 1. The Labute approximate surface area is 118 Å². The smallest absolute Gasteiger partial charge is 0.314 e. The molecule has 0 aromatic carbocycles. The average Bonchev–Trinajstić information content (AvgIpc) is 2.32. The summed E-state index contributed by atoms with van der Waals surface area (Å²) in [5, 5.41) is 23.4. The highest BCUT2D eigenvalue weighted by Crippen LogP contribution is 2.07. The number of carboxylic acid groups (broad SMARTS) is 1. The van der Waals surface area contributed by atoms with Crippen molar-refractivity contribution in [1.82, 2.24) is 15.5 Å². The van der Waals surface area contributed by atoms with E-state index < -0.39 is 24.0 Å². The van der Waals surface area contributed by atoms with Crippen LogP contribution in [-0.4, -0.2) is 78.7 Å². The lowest BCUT2D eigenvalue weighted by molar-refractivity contribution is -0.141. The summed E-state index contributed by atoms with van der Waals surface area (Å²) in [6.45, 7) is 3.87. The highest BCUT2D eigenvalue weighted by molar-refractivity contribution is 5.74.